The molecule has 0 aromatic carbocycles. The standard InChI is InChI=1S/C13H22N2O2.C2H2O4/c1-12(17)14(2)7-3-4-8-15-9-5-13(11-16)6-10-15;3-1(4)2(5)6/h13,16H,5-11H2,1-2H3;(H,3,4)(H,5,6). The summed E-state index contributed by atoms with van der Waals surface area (Å²) in [5, 5.41) is 23.8. The first-order valence-corrected chi connectivity index (χ1v) is 7.24. The monoisotopic (exact) mass is 328 g/mol. The molecular formula is C15H24N2O6. The van der Waals surface area contributed by atoms with Crippen LogP contribution in [-0.2, 0) is 14.4 Å². The lowest BCUT2D eigenvalue weighted by molar-refractivity contribution is -0.159. The second kappa shape index (κ2) is 11.5. The van der Waals surface area contributed by atoms with Crippen LogP contribution in [0.1, 0.15) is 19.8 Å². The SMILES string of the molecule is CC(=O)N(C)CC#CCN1CCC(CO)CC1.O=C(O)C(=O)O. The van der Waals surface area contributed by atoms with Crippen LogP contribution in [-0.4, -0.2) is 82.8 Å². The van der Waals surface area contributed by atoms with Crippen molar-refractivity contribution in [2.75, 3.05) is 39.8 Å². The number of piperidine rings is 1. The largest absolute Gasteiger partial charge is 0.473 e. The van der Waals surface area contributed by atoms with Crippen molar-refractivity contribution >= 4 is 17.8 Å². The number of rotatable bonds is 3. The molecule has 1 amide bonds. The third kappa shape index (κ3) is 10.3. The minimum absolute atomic E-state index is 0.0445. The lowest BCUT2D eigenvalue weighted by Gasteiger charge is -2.29. The molecule has 1 fully saturated rings. The molecule has 1 heterocycles. The van der Waals surface area contributed by atoms with E-state index in [1.165, 1.54) is 0 Å². The summed E-state index contributed by atoms with van der Waals surface area (Å²) < 4.78 is 0. The molecule has 1 aliphatic heterocycles. The van der Waals surface area contributed by atoms with E-state index >= 15 is 0 Å². The van der Waals surface area contributed by atoms with E-state index < -0.39 is 11.9 Å². The van der Waals surface area contributed by atoms with Crippen LogP contribution >= 0.6 is 0 Å². The molecule has 0 unspecified atom stereocenters. The van der Waals surface area contributed by atoms with E-state index in [1.54, 1.807) is 18.9 Å². The van der Waals surface area contributed by atoms with Crippen LogP contribution < -0.4 is 0 Å². The molecule has 8 nitrogen and oxygen atoms in total. The number of amides is 1. The Bertz CT molecular complexity index is 448. The molecule has 0 radical (unpaired) electrons. The van der Waals surface area contributed by atoms with Crippen LogP contribution in [0.4, 0.5) is 0 Å². The van der Waals surface area contributed by atoms with E-state index in [-0.39, 0.29) is 5.91 Å². The van der Waals surface area contributed by atoms with E-state index in [2.05, 4.69) is 16.7 Å². The molecule has 0 aromatic rings. The topological polar surface area (TPSA) is 118 Å². The fraction of sp³-hybridized carbons (Fsp3) is 0.667. The van der Waals surface area contributed by atoms with Crippen LogP contribution in [0.25, 0.3) is 0 Å². The fourth-order valence-electron chi connectivity index (χ4n) is 1.78. The van der Waals surface area contributed by atoms with E-state index in [0.717, 1.165) is 32.5 Å². The number of carbonyl (C=O) groups excluding carboxylic acids is 1. The highest BCUT2D eigenvalue weighted by atomic mass is 16.4. The Labute approximate surface area is 135 Å². The van der Waals surface area contributed by atoms with Gasteiger partial charge in [-0.1, -0.05) is 11.8 Å². The zero-order valence-corrected chi connectivity index (χ0v) is 13.5. The molecule has 0 saturated carbocycles. The van der Waals surface area contributed by atoms with E-state index in [0.29, 0.717) is 19.1 Å². The molecule has 0 atom stereocenters. The summed E-state index contributed by atoms with van der Waals surface area (Å²) in [7, 11) is 1.75. The van der Waals surface area contributed by atoms with Gasteiger partial charge in [0, 0.05) is 20.6 Å². The lowest BCUT2D eigenvalue weighted by atomic mass is 9.98. The number of hydrogen-bond acceptors (Lipinski definition) is 5. The highest BCUT2D eigenvalue weighted by molar-refractivity contribution is 6.27. The van der Waals surface area contributed by atoms with Gasteiger partial charge in [-0.05, 0) is 31.8 Å². The van der Waals surface area contributed by atoms with Crippen molar-refractivity contribution in [2.45, 2.75) is 19.8 Å². The van der Waals surface area contributed by atoms with Gasteiger partial charge in [-0.2, -0.15) is 0 Å². The van der Waals surface area contributed by atoms with Crippen LogP contribution in [0, 0.1) is 17.8 Å². The first-order chi connectivity index (χ1) is 10.8. The van der Waals surface area contributed by atoms with Crippen molar-refractivity contribution in [1.82, 2.24) is 9.80 Å². The summed E-state index contributed by atoms with van der Waals surface area (Å²) in [5.74, 6) is 2.97. The molecular weight excluding hydrogens is 304 g/mol. The first kappa shape index (κ1) is 20.9. The molecule has 1 rings (SSSR count). The Morgan fingerprint density at radius 3 is 2.04 bits per heavy atom. The van der Waals surface area contributed by atoms with Gasteiger partial charge < -0.3 is 20.2 Å². The Hall–Kier alpha value is -2.11. The minimum atomic E-state index is -1.82. The zero-order valence-electron chi connectivity index (χ0n) is 13.5. The quantitative estimate of drug-likeness (QED) is 0.464. The van der Waals surface area contributed by atoms with E-state index in [4.69, 9.17) is 24.9 Å². The van der Waals surface area contributed by atoms with Crippen LogP contribution in [0.5, 0.6) is 0 Å². The van der Waals surface area contributed by atoms with Crippen molar-refractivity contribution < 1.29 is 29.7 Å². The summed E-state index contributed by atoms with van der Waals surface area (Å²) >= 11 is 0. The summed E-state index contributed by atoms with van der Waals surface area (Å²) in [6.45, 7) is 5.15. The van der Waals surface area contributed by atoms with E-state index in [1.807, 2.05) is 0 Å². The Balaban J connectivity index is 0.000000688. The van der Waals surface area contributed by atoms with Crippen molar-refractivity contribution in [3.8, 4) is 11.8 Å². The number of carbonyl (C=O) groups is 3. The minimum Gasteiger partial charge on any atom is -0.473 e. The highest BCUT2D eigenvalue weighted by Gasteiger charge is 2.17. The molecule has 0 aromatic heterocycles. The Morgan fingerprint density at radius 2 is 1.65 bits per heavy atom. The van der Waals surface area contributed by atoms with Crippen molar-refractivity contribution in [2.24, 2.45) is 5.92 Å². The number of likely N-dealkylation sites (tertiary alicyclic amines) is 1. The van der Waals surface area contributed by atoms with Crippen molar-refractivity contribution in [1.29, 1.82) is 0 Å². The molecule has 130 valence electrons. The molecule has 0 bridgehead atoms. The number of hydrogen-bond donors (Lipinski definition) is 3. The number of carboxylic acids is 2. The molecule has 1 saturated heterocycles. The summed E-state index contributed by atoms with van der Waals surface area (Å²) in [5.41, 5.74) is 0. The zero-order chi connectivity index (χ0) is 17.8. The third-order valence-electron chi connectivity index (χ3n) is 3.43. The number of aliphatic carboxylic acids is 2. The summed E-state index contributed by atoms with van der Waals surface area (Å²) in [4.78, 5) is 33.0. The Morgan fingerprint density at radius 1 is 1.13 bits per heavy atom. The van der Waals surface area contributed by atoms with Crippen molar-refractivity contribution in [3.05, 3.63) is 0 Å². The fourth-order valence-corrected chi connectivity index (χ4v) is 1.78. The summed E-state index contributed by atoms with van der Waals surface area (Å²) in [6, 6.07) is 0. The normalized spacial score (nSPS) is 14.7. The van der Waals surface area contributed by atoms with Gasteiger partial charge in [-0.15, -0.1) is 0 Å². The second-order valence-corrected chi connectivity index (χ2v) is 5.24. The number of aliphatic hydroxyl groups excluding tert-OH is 1. The van der Waals surface area contributed by atoms with Crippen LogP contribution in [0.2, 0.25) is 0 Å². The third-order valence-corrected chi connectivity index (χ3v) is 3.43. The predicted octanol–water partition coefficient (Wildman–Crippen LogP) is -0.672. The maximum absolute atomic E-state index is 10.9. The van der Waals surface area contributed by atoms with Gasteiger partial charge >= 0.3 is 11.9 Å². The van der Waals surface area contributed by atoms with Gasteiger partial charge in [0.05, 0.1) is 13.1 Å². The average molecular weight is 328 g/mol. The number of nitrogens with zero attached hydrogens (tertiary/aromatic N) is 2. The van der Waals surface area contributed by atoms with Gasteiger partial charge in [0.1, 0.15) is 0 Å². The lowest BCUT2D eigenvalue weighted by Crippen LogP contribution is -2.35. The van der Waals surface area contributed by atoms with Crippen LogP contribution in [0.15, 0.2) is 0 Å². The smallest absolute Gasteiger partial charge is 0.414 e. The van der Waals surface area contributed by atoms with Crippen LogP contribution in [0.3, 0.4) is 0 Å². The highest BCUT2D eigenvalue weighted by Crippen LogP contribution is 2.15. The molecule has 0 spiro atoms. The molecule has 0 aliphatic carbocycles. The van der Waals surface area contributed by atoms with Crippen molar-refractivity contribution in [3.63, 3.8) is 0 Å². The van der Waals surface area contributed by atoms with E-state index in [9.17, 15) is 4.79 Å². The average Bonchev–Trinajstić information content (AvgIpc) is 2.52. The molecule has 3 N–H and O–H groups in total. The van der Waals surface area contributed by atoms with Gasteiger partial charge in [0.15, 0.2) is 0 Å². The molecule has 1 aliphatic rings. The van der Waals surface area contributed by atoms with Gasteiger partial charge in [-0.3, -0.25) is 9.69 Å². The maximum atomic E-state index is 10.9. The molecule has 23 heavy (non-hydrogen) atoms. The predicted molar refractivity (Wildman–Crippen MR) is 82.6 cm³/mol. The van der Waals surface area contributed by atoms with Gasteiger partial charge in [0.25, 0.3) is 0 Å². The number of carboxylic acid groups (broad SMARTS) is 2. The molecule has 8 heteroatoms. The number of aliphatic hydroxyl groups is 1. The van der Waals surface area contributed by atoms with Gasteiger partial charge in [0.2, 0.25) is 5.91 Å². The first-order valence-electron chi connectivity index (χ1n) is 7.24. The second-order valence-electron chi connectivity index (χ2n) is 5.24. The Kier molecular flexibility index (Phi) is 10.4. The summed E-state index contributed by atoms with van der Waals surface area (Å²) in [6.07, 6.45) is 2.12. The maximum Gasteiger partial charge on any atom is 0.414 e. The van der Waals surface area contributed by atoms with Gasteiger partial charge in [-0.25, -0.2) is 9.59 Å².